The minimum Gasteiger partial charge on any atom is -0.396 e. The molecular formula is C29H35ClF2N6O3. The number of anilines is 2. The summed E-state index contributed by atoms with van der Waals surface area (Å²) in [5.41, 5.74) is -0.00328. The molecule has 1 saturated heterocycles. The van der Waals surface area contributed by atoms with Crippen molar-refractivity contribution in [2.75, 3.05) is 63.6 Å². The summed E-state index contributed by atoms with van der Waals surface area (Å²) in [6, 6.07) is 1.55. The zero-order valence-electron chi connectivity index (χ0n) is 23.5. The van der Waals surface area contributed by atoms with Gasteiger partial charge in [0.1, 0.15) is 17.2 Å². The fourth-order valence-electron chi connectivity index (χ4n) is 5.22. The van der Waals surface area contributed by atoms with Gasteiger partial charge in [-0.3, -0.25) is 9.59 Å². The van der Waals surface area contributed by atoms with Crippen LogP contribution < -0.4 is 10.2 Å². The number of halogens is 3. The molecule has 0 saturated carbocycles. The molecule has 1 aromatic heterocycles. The van der Waals surface area contributed by atoms with E-state index in [1.54, 1.807) is 38.1 Å². The SMILES string of the molecule is C=CC(=O)N1CCN(c2nc(NCCC(=O)N(C)C)nc3c(F)c(C4=C(F)C=C[C@@H](CO)C[C@@H]4C)c(Cl)cc23)CC1. The van der Waals surface area contributed by atoms with E-state index in [9.17, 15) is 14.7 Å². The van der Waals surface area contributed by atoms with E-state index >= 15 is 8.78 Å². The summed E-state index contributed by atoms with van der Waals surface area (Å²) in [7, 11) is 3.31. The van der Waals surface area contributed by atoms with Crippen LogP contribution in [0.25, 0.3) is 16.5 Å². The maximum atomic E-state index is 16.4. The molecule has 0 bridgehead atoms. The second-order valence-corrected chi connectivity index (χ2v) is 10.9. The molecule has 4 rings (SSSR count). The monoisotopic (exact) mass is 588 g/mol. The van der Waals surface area contributed by atoms with Gasteiger partial charge in [0, 0.05) is 82.3 Å². The van der Waals surface area contributed by atoms with Gasteiger partial charge in [0.25, 0.3) is 0 Å². The molecule has 2 aliphatic rings. The quantitative estimate of drug-likeness (QED) is 0.449. The summed E-state index contributed by atoms with van der Waals surface area (Å²) in [4.78, 5) is 38.3. The molecule has 220 valence electrons. The summed E-state index contributed by atoms with van der Waals surface area (Å²) < 4.78 is 31.8. The van der Waals surface area contributed by atoms with Crippen LogP contribution >= 0.6 is 11.6 Å². The fourth-order valence-corrected chi connectivity index (χ4v) is 5.51. The van der Waals surface area contributed by atoms with Crippen molar-refractivity contribution >= 4 is 51.7 Å². The number of allylic oxidation sites excluding steroid dienone is 3. The first-order valence-electron chi connectivity index (χ1n) is 13.5. The van der Waals surface area contributed by atoms with Gasteiger partial charge in [-0.15, -0.1) is 0 Å². The Balaban J connectivity index is 1.80. The number of aromatic nitrogens is 2. The van der Waals surface area contributed by atoms with Crippen molar-refractivity contribution in [3.63, 3.8) is 0 Å². The Kier molecular flexibility index (Phi) is 9.60. The molecule has 1 aromatic carbocycles. The molecule has 0 spiro atoms. The highest BCUT2D eigenvalue weighted by atomic mass is 35.5. The predicted molar refractivity (Wildman–Crippen MR) is 157 cm³/mol. The predicted octanol–water partition coefficient (Wildman–Crippen LogP) is 4.03. The molecular weight excluding hydrogens is 554 g/mol. The lowest BCUT2D eigenvalue weighted by atomic mass is 9.87. The average Bonchev–Trinajstić information content (AvgIpc) is 3.10. The maximum absolute atomic E-state index is 16.4. The third-order valence-electron chi connectivity index (χ3n) is 7.47. The minimum absolute atomic E-state index is 0.0189. The molecule has 12 heteroatoms. The van der Waals surface area contributed by atoms with Crippen LogP contribution in [0.1, 0.15) is 25.3 Å². The van der Waals surface area contributed by atoms with Crippen LogP contribution in [0.5, 0.6) is 0 Å². The first kappa shape index (κ1) is 30.4. The number of carbonyl (C=O) groups excluding carboxylic acids is 2. The van der Waals surface area contributed by atoms with Crippen molar-refractivity contribution in [1.82, 2.24) is 19.8 Å². The Labute approximate surface area is 243 Å². The van der Waals surface area contributed by atoms with E-state index in [-0.39, 0.29) is 64.9 Å². The zero-order chi connectivity index (χ0) is 29.8. The van der Waals surface area contributed by atoms with E-state index in [2.05, 4.69) is 21.9 Å². The number of aliphatic hydroxyl groups excluding tert-OH is 1. The normalized spacial score (nSPS) is 19.4. The molecule has 0 radical (unpaired) electrons. The number of piperazine rings is 1. The smallest absolute Gasteiger partial charge is 0.246 e. The third-order valence-corrected chi connectivity index (χ3v) is 7.77. The summed E-state index contributed by atoms with van der Waals surface area (Å²) >= 11 is 6.67. The Morgan fingerprint density at radius 3 is 2.59 bits per heavy atom. The minimum atomic E-state index is -0.781. The zero-order valence-corrected chi connectivity index (χ0v) is 24.2. The Morgan fingerprint density at radius 1 is 1.24 bits per heavy atom. The molecule has 1 fully saturated rings. The van der Waals surface area contributed by atoms with E-state index in [1.165, 1.54) is 17.1 Å². The van der Waals surface area contributed by atoms with Crippen molar-refractivity contribution < 1.29 is 23.5 Å². The molecule has 2 aromatic rings. The number of hydrogen-bond acceptors (Lipinski definition) is 7. The van der Waals surface area contributed by atoms with Crippen LogP contribution in [0, 0.1) is 17.7 Å². The van der Waals surface area contributed by atoms with Gasteiger partial charge >= 0.3 is 0 Å². The summed E-state index contributed by atoms with van der Waals surface area (Å²) in [5, 5.41) is 13.0. The van der Waals surface area contributed by atoms with Crippen molar-refractivity contribution in [2.45, 2.75) is 19.8 Å². The van der Waals surface area contributed by atoms with Crippen molar-refractivity contribution in [3.05, 3.63) is 53.1 Å². The molecule has 2 heterocycles. The lowest BCUT2D eigenvalue weighted by molar-refractivity contribution is -0.128. The first-order chi connectivity index (χ1) is 19.5. The number of carbonyl (C=O) groups is 2. The van der Waals surface area contributed by atoms with Crippen LogP contribution in [0.15, 0.2) is 36.7 Å². The van der Waals surface area contributed by atoms with Crippen molar-refractivity contribution in [1.29, 1.82) is 0 Å². The van der Waals surface area contributed by atoms with Crippen LogP contribution in [-0.4, -0.2) is 90.1 Å². The van der Waals surface area contributed by atoms with Gasteiger partial charge in [-0.25, -0.2) is 13.8 Å². The van der Waals surface area contributed by atoms with Gasteiger partial charge in [-0.2, -0.15) is 4.98 Å². The highest BCUT2D eigenvalue weighted by Gasteiger charge is 2.30. The topological polar surface area (TPSA) is 102 Å². The van der Waals surface area contributed by atoms with E-state index < -0.39 is 17.6 Å². The highest BCUT2D eigenvalue weighted by molar-refractivity contribution is 6.33. The van der Waals surface area contributed by atoms with E-state index in [1.807, 2.05) is 4.90 Å². The first-order valence-corrected chi connectivity index (χ1v) is 13.9. The second kappa shape index (κ2) is 12.9. The Bertz CT molecular complexity index is 1400. The standard InChI is InChI=1S/C29H35ClF2N6O3/c1-5-22(40)37-10-12-38(13-11-37)28-19-15-20(30)25(24-17(2)14-18(16-39)6-7-21(24)31)26(32)27(19)34-29(35-28)33-9-8-23(41)36(3)4/h5-7,15,17-18,39H,1,8-14,16H2,2-4H3,(H,33,34,35)/t17-,18+/m0/s1. The van der Waals surface area contributed by atoms with Gasteiger partial charge in [-0.1, -0.05) is 31.2 Å². The van der Waals surface area contributed by atoms with E-state index in [4.69, 9.17) is 11.6 Å². The molecule has 9 nitrogen and oxygen atoms in total. The number of fused-ring (bicyclic) bond motifs is 1. The number of amides is 2. The van der Waals surface area contributed by atoms with Gasteiger partial charge in [-0.05, 0) is 30.6 Å². The largest absolute Gasteiger partial charge is 0.396 e. The molecule has 2 amide bonds. The third kappa shape index (κ3) is 6.51. The Hall–Kier alpha value is -3.57. The molecule has 1 aliphatic carbocycles. The van der Waals surface area contributed by atoms with Gasteiger partial charge < -0.3 is 25.1 Å². The van der Waals surface area contributed by atoms with Crippen LogP contribution in [0.4, 0.5) is 20.5 Å². The number of benzene rings is 1. The Morgan fingerprint density at radius 2 is 1.95 bits per heavy atom. The number of rotatable bonds is 8. The molecule has 2 N–H and O–H groups in total. The number of nitrogens with zero attached hydrogens (tertiary/aromatic N) is 5. The summed E-state index contributed by atoms with van der Waals surface area (Å²) in [6.45, 7) is 7.07. The maximum Gasteiger partial charge on any atom is 0.246 e. The molecule has 2 atom stereocenters. The number of nitrogens with one attached hydrogen (secondary N) is 1. The number of aliphatic hydroxyl groups is 1. The molecule has 1 aliphatic heterocycles. The highest BCUT2D eigenvalue weighted by Crippen LogP contribution is 2.43. The van der Waals surface area contributed by atoms with Gasteiger partial charge in [0.05, 0.1) is 5.02 Å². The lowest BCUT2D eigenvalue weighted by Gasteiger charge is -2.35. The van der Waals surface area contributed by atoms with Crippen LogP contribution in [0.3, 0.4) is 0 Å². The lowest BCUT2D eigenvalue weighted by Crippen LogP contribution is -2.48. The van der Waals surface area contributed by atoms with Crippen LogP contribution in [0.2, 0.25) is 5.02 Å². The van der Waals surface area contributed by atoms with Gasteiger partial charge in [0.2, 0.25) is 17.8 Å². The van der Waals surface area contributed by atoms with Crippen molar-refractivity contribution in [3.8, 4) is 0 Å². The average molecular weight is 589 g/mol. The summed E-state index contributed by atoms with van der Waals surface area (Å²) in [5.74, 6) is -1.84. The number of hydrogen-bond donors (Lipinski definition) is 2. The van der Waals surface area contributed by atoms with Crippen molar-refractivity contribution in [2.24, 2.45) is 11.8 Å². The summed E-state index contributed by atoms with van der Waals surface area (Å²) in [6.07, 6.45) is 4.70. The van der Waals surface area contributed by atoms with E-state index in [0.29, 0.717) is 43.8 Å². The van der Waals surface area contributed by atoms with Crippen LogP contribution in [-0.2, 0) is 9.59 Å². The van der Waals surface area contributed by atoms with E-state index in [0.717, 1.165) is 0 Å². The van der Waals surface area contributed by atoms with Gasteiger partial charge in [0.15, 0.2) is 5.82 Å². The second-order valence-electron chi connectivity index (χ2n) is 10.5. The molecule has 41 heavy (non-hydrogen) atoms. The molecule has 0 unspecified atom stereocenters. The fraction of sp³-hybridized carbons (Fsp3) is 0.448.